The number of hydrazone groups is 1. The molecule has 0 bridgehead atoms. The number of hydrogen-bond acceptors (Lipinski definition) is 4. The second-order valence-corrected chi connectivity index (χ2v) is 7.32. The second kappa shape index (κ2) is 9.89. The number of carbonyl (C=O) groups excluding carboxylic acids is 2. The normalized spacial score (nSPS) is 11.0. The lowest BCUT2D eigenvalue weighted by Crippen LogP contribution is -2.18. The van der Waals surface area contributed by atoms with Crippen molar-refractivity contribution in [3.8, 4) is 5.69 Å². The number of rotatable bonds is 7. The number of amides is 1. The first-order chi connectivity index (χ1) is 14.9. The maximum atomic E-state index is 12.3. The molecule has 0 aliphatic heterocycles. The number of nitrogens with one attached hydrogen (secondary N) is 1. The van der Waals surface area contributed by atoms with Crippen molar-refractivity contribution < 1.29 is 14.3 Å². The molecule has 0 fully saturated rings. The van der Waals surface area contributed by atoms with E-state index in [-0.39, 0.29) is 18.3 Å². The number of benzene rings is 2. The van der Waals surface area contributed by atoms with E-state index in [4.69, 9.17) is 4.74 Å². The van der Waals surface area contributed by atoms with Crippen LogP contribution in [0.5, 0.6) is 0 Å². The monoisotopic (exact) mass is 417 g/mol. The molecule has 0 saturated heterocycles. The topological polar surface area (TPSA) is 72.7 Å². The van der Waals surface area contributed by atoms with Crippen molar-refractivity contribution in [3.05, 3.63) is 88.2 Å². The van der Waals surface area contributed by atoms with Gasteiger partial charge in [-0.2, -0.15) is 5.10 Å². The summed E-state index contributed by atoms with van der Waals surface area (Å²) >= 11 is 0. The van der Waals surface area contributed by atoms with Crippen LogP contribution in [0.1, 0.15) is 45.4 Å². The fourth-order valence-electron chi connectivity index (χ4n) is 3.51. The molecule has 3 rings (SSSR count). The van der Waals surface area contributed by atoms with Crippen LogP contribution in [0, 0.1) is 20.8 Å². The zero-order valence-electron chi connectivity index (χ0n) is 18.3. The molecule has 0 atom stereocenters. The minimum Gasteiger partial charge on any atom is -0.466 e. The Labute approximate surface area is 182 Å². The predicted molar refractivity (Wildman–Crippen MR) is 122 cm³/mol. The summed E-state index contributed by atoms with van der Waals surface area (Å²) in [7, 11) is 0. The zero-order chi connectivity index (χ0) is 22.4. The van der Waals surface area contributed by atoms with Crippen LogP contribution in [0.4, 0.5) is 0 Å². The van der Waals surface area contributed by atoms with Crippen LogP contribution < -0.4 is 5.43 Å². The van der Waals surface area contributed by atoms with Crippen LogP contribution in [0.15, 0.2) is 59.7 Å². The van der Waals surface area contributed by atoms with E-state index in [0.29, 0.717) is 12.2 Å². The summed E-state index contributed by atoms with van der Waals surface area (Å²) in [5, 5.41) is 4.14. The van der Waals surface area contributed by atoms with Gasteiger partial charge in [0.15, 0.2) is 0 Å². The molecule has 6 nitrogen and oxygen atoms in total. The molecule has 1 aromatic heterocycles. The van der Waals surface area contributed by atoms with Gasteiger partial charge in [-0.05, 0) is 63.1 Å². The second-order valence-electron chi connectivity index (χ2n) is 7.32. The molecule has 31 heavy (non-hydrogen) atoms. The van der Waals surface area contributed by atoms with Gasteiger partial charge in [0.2, 0.25) is 0 Å². The Bertz CT molecular complexity index is 1110. The highest BCUT2D eigenvalue weighted by atomic mass is 16.5. The molecule has 2 aromatic carbocycles. The number of nitrogens with zero attached hydrogens (tertiary/aromatic N) is 2. The number of aryl methyl sites for hydroxylation is 2. The quantitative estimate of drug-likeness (QED) is 0.354. The lowest BCUT2D eigenvalue weighted by molar-refractivity contribution is -0.142. The van der Waals surface area contributed by atoms with Crippen molar-refractivity contribution in [2.24, 2.45) is 5.10 Å². The van der Waals surface area contributed by atoms with Crippen LogP contribution in [-0.2, 0) is 16.0 Å². The Hall–Kier alpha value is -3.67. The summed E-state index contributed by atoms with van der Waals surface area (Å²) in [6.45, 7) is 8.10. The van der Waals surface area contributed by atoms with E-state index in [2.05, 4.69) is 15.1 Å². The number of ether oxygens (including phenoxy) is 1. The van der Waals surface area contributed by atoms with Crippen LogP contribution in [0.3, 0.4) is 0 Å². The Morgan fingerprint density at radius 2 is 1.77 bits per heavy atom. The molecule has 0 aliphatic carbocycles. The number of hydrogen-bond donors (Lipinski definition) is 1. The summed E-state index contributed by atoms with van der Waals surface area (Å²) in [4.78, 5) is 24.0. The molecular weight excluding hydrogens is 390 g/mol. The van der Waals surface area contributed by atoms with Gasteiger partial charge in [-0.25, -0.2) is 5.43 Å². The van der Waals surface area contributed by atoms with E-state index in [9.17, 15) is 9.59 Å². The standard InChI is InChI=1S/C25H27N3O3/c1-5-31-24(29)15-20-10-12-22(13-11-20)28-18(3)14-21(19(28)4)16-26-27-25(30)23-9-7-6-8-17(23)2/h6-14,16H,5,15H2,1-4H3,(H,27,30)/b26-16+. The van der Waals surface area contributed by atoms with E-state index < -0.39 is 0 Å². The maximum Gasteiger partial charge on any atom is 0.310 e. The Morgan fingerprint density at radius 3 is 2.45 bits per heavy atom. The van der Waals surface area contributed by atoms with Crippen molar-refractivity contribution in [2.45, 2.75) is 34.1 Å². The summed E-state index contributed by atoms with van der Waals surface area (Å²) < 4.78 is 7.11. The summed E-state index contributed by atoms with van der Waals surface area (Å²) in [6, 6.07) is 17.2. The number of aromatic nitrogens is 1. The van der Waals surface area contributed by atoms with Crippen molar-refractivity contribution in [1.82, 2.24) is 9.99 Å². The highest BCUT2D eigenvalue weighted by Gasteiger charge is 2.11. The van der Waals surface area contributed by atoms with E-state index in [1.54, 1.807) is 19.2 Å². The van der Waals surface area contributed by atoms with Gasteiger partial charge in [0.05, 0.1) is 19.2 Å². The van der Waals surface area contributed by atoms with Gasteiger partial charge in [0.25, 0.3) is 5.91 Å². The van der Waals surface area contributed by atoms with Gasteiger partial charge in [-0.3, -0.25) is 9.59 Å². The number of carbonyl (C=O) groups is 2. The van der Waals surface area contributed by atoms with E-state index in [1.165, 1.54) is 0 Å². The lowest BCUT2D eigenvalue weighted by Gasteiger charge is -2.10. The smallest absolute Gasteiger partial charge is 0.310 e. The van der Waals surface area contributed by atoms with E-state index in [0.717, 1.165) is 33.8 Å². The fraction of sp³-hybridized carbons (Fsp3) is 0.240. The van der Waals surface area contributed by atoms with Crippen LogP contribution in [0.25, 0.3) is 5.69 Å². The Balaban J connectivity index is 1.73. The first kappa shape index (κ1) is 22.0. The largest absolute Gasteiger partial charge is 0.466 e. The summed E-state index contributed by atoms with van der Waals surface area (Å²) in [6.07, 6.45) is 1.92. The minimum atomic E-state index is -0.236. The van der Waals surface area contributed by atoms with Crippen molar-refractivity contribution in [1.29, 1.82) is 0 Å². The zero-order valence-corrected chi connectivity index (χ0v) is 18.3. The molecule has 0 spiro atoms. The maximum absolute atomic E-state index is 12.3. The number of esters is 1. The van der Waals surface area contributed by atoms with Crippen LogP contribution >= 0.6 is 0 Å². The van der Waals surface area contributed by atoms with E-state index in [1.807, 2.05) is 69.3 Å². The van der Waals surface area contributed by atoms with Crippen LogP contribution in [0.2, 0.25) is 0 Å². The predicted octanol–water partition coefficient (Wildman–Crippen LogP) is 4.27. The average molecular weight is 418 g/mol. The van der Waals surface area contributed by atoms with Gasteiger partial charge in [0, 0.05) is 28.2 Å². The van der Waals surface area contributed by atoms with Gasteiger partial charge in [-0.15, -0.1) is 0 Å². The lowest BCUT2D eigenvalue weighted by atomic mass is 10.1. The third-order valence-corrected chi connectivity index (χ3v) is 5.08. The molecule has 0 aliphatic rings. The molecule has 1 N–H and O–H groups in total. The summed E-state index contributed by atoms with van der Waals surface area (Å²) in [5.41, 5.74) is 8.97. The van der Waals surface area contributed by atoms with Crippen molar-refractivity contribution in [2.75, 3.05) is 6.61 Å². The first-order valence-corrected chi connectivity index (χ1v) is 10.2. The minimum absolute atomic E-state index is 0.227. The highest BCUT2D eigenvalue weighted by molar-refractivity contribution is 5.96. The summed E-state index contributed by atoms with van der Waals surface area (Å²) in [5.74, 6) is -0.463. The van der Waals surface area contributed by atoms with Gasteiger partial charge < -0.3 is 9.30 Å². The van der Waals surface area contributed by atoms with E-state index >= 15 is 0 Å². The SMILES string of the molecule is CCOC(=O)Cc1ccc(-n2c(C)cc(/C=N/NC(=O)c3ccccc3C)c2C)cc1. The molecule has 160 valence electrons. The molecule has 0 saturated carbocycles. The third-order valence-electron chi connectivity index (χ3n) is 5.08. The van der Waals surface area contributed by atoms with Gasteiger partial charge >= 0.3 is 5.97 Å². The molecule has 0 radical (unpaired) electrons. The molecule has 3 aromatic rings. The van der Waals surface area contributed by atoms with Crippen LogP contribution in [-0.4, -0.2) is 29.3 Å². The molecular formula is C25H27N3O3. The Morgan fingerprint density at radius 1 is 1.06 bits per heavy atom. The van der Waals surface area contributed by atoms with Crippen molar-refractivity contribution in [3.63, 3.8) is 0 Å². The molecule has 6 heteroatoms. The third kappa shape index (κ3) is 5.28. The average Bonchev–Trinajstić information content (AvgIpc) is 3.02. The van der Waals surface area contributed by atoms with Crippen molar-refractivity contribution >= 4 is 18.1 Å². The van der Waals surface area contributed by atoms with Gasteiger partial charge in [-0.1, -0.05) is 30.3 Å². The molecule has 1 heterocycles. The van der Waals surface area contributed by atoms with Gasteiger partial charge in [0.1, 0.15) is 0 Å². The molecule has 0 unspecified atom stereocenters. The first-order valence-electron chi connectivity index (χ1n) is 10.2. The fourth-order valence-corrected chi connectivity index (χ4v) is 3.51. The Kier molecular flexibility index (Phi) is 7.03. The molecule has 1 amide bonds. The highest BCUT2D eigenvalue weighted by Crippen LogP contribution is 2.20.